The summed E-state index contributed by atoms with van der Waals surface area (Å²) in [4.78, 5) is 14.1. The fourth-order valence-electron chi connectivity index (χ4n) is 1.98. The highest BCUT2D eigenvalue weighted by Crippen LogP contribution is 2.31. The molecule has 0 saturated carbocycles. The van der Waals surface area contributed by atoms with Gasteiger partial charge in [0.25, 0.3) is 0 Å². The van der Waals surface area contributed by atoms with E-state index in [0.717, 1.165) is 10.9 Å². The summed E-state index contributed by atoms with van der Waals surface area (Å²) in [5.74, 6) is -0.298. The van der Waals surface area contributed by atoms with Crippen molar-refractivity contribution in [2.24, 2.45) is 5.73 Å². The van der Waals surface area contributed by atoms with Crippen LogP contribution >= 0.6 is 0 Å². The Morgan fingerprint density at radius 2 is 2.29 bits per heavy atom. The first-order valence-electron chi connectivity index (χ1n) is 5.29. The minimum atomic E-state index is -0.959. The van der Waals surface area contributed by atoms with E-state index in [4.69, 9.17) is 15.6 Å². The number of ether oxygens (including phenoxy) is 1. The van der Waals surface area contributed by atoms with Crippen molar-refractivity contribution < 1.29 is 14.6 Å². The van der Waals surface area contributed by atoms with Gasteiger partial charge in [-0.3, -0.25) is 0 Å². The number of nitrogens with two attached hydrogens (primary N) is 1. The van der Waals surface area contributed by atoms with Crippen LogP contribution in [0.3, 0.4) is 0 Å². The van der Waals surface area contributed by atoms with Crippen LogP contribution in [0.25, 0.3) is 10.9 Å². The largest absolute Gasteiger partial charge is 0.496 e. The third-order valence-electron chi connectivity index (χ3n) is 2.74. The summed E-state index contributed by atoms with van der Waals surface area (Å²) in [7, 11) is 1.56. The monoisotopic (exact) mass is 234 g/mol. The van der Waals surface area contributed by atoms with Gasteiger partial charge in [0.1, 0.15) is 5.75 Å². The smallest absolute Gasteiger partial charge is 0.337 e. The predicted molar refractivity (Wildman–Crippen MR) is 64.6 cm³/mol. The van der Waals surface area contributed by atoms with Gasteiger partial charge >= 0.3 is 5.97 Å². The van der Waals surface area contributed by atoms with Crippen molar-refractivity contribution in [1.82, 2.24) is 4.98 Å². The second-order valence-corrected chi connectivity index (χ2v) is 3.72. The maximum Gasteiger partial charge on any atom is 0.337 e. The molecular formula is C12H14N2O3. The zero-order chi connectivity index (χ0) is 12.4. The number of carboxylic acid groups (broad SMARTS) is 1. The molecule has 0 spiro atoms. The van der Waals surface area contributed by atoms with Gasteiger partial charge in [0.15, 0.2) is 0 Å². The molecular weight excluding hydrogens is 220 g/mol. The predicted octanol–water partition coefficient (Wildman–Crippen LogP) is 1.38. The molecule has 0 amide bonds. The van der Waals surface area contributed by atoms with Crippen LogP contribution in [0.15, 0.2) is 18.3 Å². The first kappa shape index (κ1) is 11.5. The molecule has 0 radical (unpaired) electrons. The number of carboxylic acids is 1. The van der Waals surface area contributed by atoms with Gasteiger partial charge in [0.05, 0.1) is 18.2 Å². The van der Waals surface area contributed by atoms with Gasteiger partial charge in [-0.05, 0) is 30.7 Å². The number of aromatic carboxylic acids is 1. The lowest BCUT2D eigenvalue weighted by molar-refractivity contribution is 0.0699. The number of carbonyl (C=O) groups is 1. The van der Waals surface area contributed by atoms with E-state index in [-0.39, 0.29) is 5.56 Å². The van der Waals surface area contributed by atoms with E-state index in [1.165, 1.54) is 6.07 Å². The minimum Gasteiger partial charge on any atom is -0.496 e. The van der Waals surface area contributed by atoms with E-state index in [0.29, 0.717) is 24.2 Å². The Hall–Kier alpha value is -2.01. The Balaban J connectivity index is 2.73. The molecule has 0 atom stereocenters. The number of rotatable bonds is 4. The highest BCUT2D eigenvalue weighted by molar-refractivity contribution is 6.05. The molecule has 5 nitrogen and oxygen atoms in total. The van der Waals surface area contributed by atoms with Gasteiger partial charge in [-0.15, -0.1) is 0 Å². The number of nitrogens with one attached hydrogen (secondary N) is 1. The van der Waals surface area contributed by atoms with E-state index in [1.807, 2.05) is 0 Å². The number of hydrogen-bond acceptors (Lipinski definition) is 3. The van der Waals surface area contributed by atoms with Crippen molar-refractivity contribution in [2.75, 3.05) is 13.7 Å². The summed E-state index contributed by atoms with van der Waals surface area (Å²) in [6, 6.07) is 3.20. The van der Waals surface area contributed by atoms with Crippen LogP contribution in [0, 0.1) is 0 Å². The number of fused-ring (bicyclic) bond motifs is 1. The zero-order valence-electron chi connectivity index (χ0n) is 9.49. The van der Waals surface area contributed by atoms with Crippen LogP contribution in [0.5, 0.6) is 5.75 Å². The average molecular weight is 234 g/mol. The number of aromatic nitrogens is 1. The lowest BCUT2D eigenvalue weighted by Crippen LogP contribution is -2.03. The van der Waals surface area contributed by atoms with Gasteiger partial charge in [-0.25, -0.2) is 4.79 Å². The SMILES string of the molecule is COc1ccc(C(=O)O)c2[nH]cc(CCN)c12. The third kappa shape index (κ3) is 1.85. The van der Waals surface area contributed by atoms with E-state index >= 15 is 0 Å². The van der Waals surface area contributed by atoms with Crippen LogP contribution < -0.4 is 10.5 Å². The maximum atomic E-state index is 11.1. The van der Waals surface area contributed by atoms with Crippen molar-refractivity contribution in [3.8, 4) is 5.75 Å². The number of hydrogen-bond donors (Lipinski definition) is 3. The molecule has 0 bridgehead atoms. The van der Waals surface area contributed by atoms with Crippen LogP contribution in [0.1, 0.15) is 15.9 Å². The van der Waals surface area contributed by atoms with E-state index in [1.54, 1.807) is 19.4 Å². The lowest BCUT2D eigenvalue weighted by Gasteiger charge is -2.06. The molecule has 1 heterocycles. The number of aromatic amines is 1. The normalized spacial score (nSPS) is 10.7. The van der Waals surface area contributed by atoms with Crippen LogP contribution in [0.2, 0.25) is 0 Å². The van der Waals surface area contributed by atoms with Crippen molar-refractivity contribution in [2.45, 2.75) is 6.42 Å². The number of methoxy groups -OCH3 is 1. The fourth-order valence-corrected chi connectivity index (χ4v) is 1.98. The Labute approximate surface area is 98.2 Å². The second-order valence-electron chi connectivity index (χ2n) is 3.72. The molecule has 4 N–H and O–H groups in total. The van der Waals surface area contributed by atoms with E-state index < -0.39 is 5.97 Å². The molecule has 90 valence electrons. The molecule has 0 saturated heterocycles. The first-order valence-corrected chi connectivity index (χ1v) is 5.29. The molecule has 2 aromatic rings. The van der Waals surface area contributed by atoms with E-state index in [9.17, 15) is 4.79 Å². The Morgan fingerprint density at radius 1 is 1.53 bits per heavy atom. The molecule has 0 aliphatic carbocycles. The van der Waals surface area contributed by atoms with Gasteiger partial charge in [-0.1, -0.05) is 0 Å². The van der Waals surface area contributed by atoms with Crippen molar-refractivity contribution in [1.29, 1.82) is 0 Å². The zero-order valence-corrected chi connectivity index (χ0v) is 9.49. The Morgan fingerprint density at radius 3 is 2.88 bits per heavy atom. The summed E-state index contributed by atoms with van der Waals surface area (Å²) in [5.41, 5.74) is 7.33. The summed E-state index contributed by atoms with van der Waals surface area (Å²) < 4.78 is 5.25. The van der Waals surface area contributed by atoms with Gasteiger partial charge in [0, 0.05) is 11.6 Å². The molecule has 0 aliphatic heterocycles. The average Bonchev–Trinajstić information content (AvgIpc) is 2.72. The topological polar surface area (TPSA) is 88.3 Å². The van der Waals surface area contributed by atoms with Crippen LogP contribution in [-0.2, 0) is 6.42 Å². The van der Waals surface area contributed by atoms with E-state index in [2.05, 4.69) is 4.98 Å². The van der Waals surface area contributed by atoms with Crippen molar-refractivity contribution >= 4 is 16.9 Å². The van der Waals surface area contributed by atoms with Gasteiger partial charge < -0.3 is 20.6 Å². The molecule has 0 aliphatic rings. The molecule has 1 aromatic heterocycles. The maximum absolute atomic E-state index is 11.1. The third-order valence-corrected chi connectivity index (χ3v) is 2.74. The molecule has 5 heteroatoms. The summed E-state index contributed by atoms with van der Waals surface area (Å²) >= 11 is 0. The summed E-state index contributed by atoms with van der Waals surface area (Å²) in [5, 5.41) is 9.90. The molecule has 17 heavy (non-hydrogen) atoms. The molecule has 2 rings (SSSR count). The van der Waals surface area contributed by atoms with Crippen LogP contribution in [-0.4, -0.2) is 29.7 Å². The molecule has 1 aromatic carbocycles. The Bertz CT molecular complexity index is 560. The summed E-state index contributed by atoms with van der Waals surface area (Å²) in [6.07, 6.45) is 2.46. The van der Waals surface area contributed by atoms with Crippen LogP contribution in [0.4, 0.5) is 0 Å². The summed E-state index contributed by atoms with van der Waals surface area (Å²) in [6.45, 7) is 0.507. The Kier molecular flexibility index (Phi) is 3.01. The molecule has 0 fully saturated rings. The highest BCUT2D eigenvalue weighted by atomic mass is 16.5. The lowest BCUT2D eigenvalue weighted by atomic mass is 10.1. The van der Waals surface area contributed by atoms with Gasteiger partial charge in [-0.2, -0.15) is 0 Å². The van der Waals surface area contributed by atoms with Gasteiger partial charge in [0.2, 0.25) is 0 Å². The standard InChI is InChI=1S/C12H14N2O3/c1-17-9-3-2-8(12(15)16)11-10(9)7(4-5-13)6-14-11/h2-3,6,14H,4-5,13H2,1H3,(H,15,16). The fraction of sp³-hybridized carbons (Fsp3) is 0.250. The first-order chi connectivity index (χ1) is 8.19. The minimum absolute atomic E-state index is 0.240. The van der Waals surface area contributed by atoms with Crippen molar-refractivity contribution in [3.05, 3.63) is 29.5 Å². The van der Waals surface area contributed by atoms with Crippen molar-refractivity contribution in [3.63, 3.8) is 0 Å². The highest BCUT2D eigenvalue weighted by Gasteiger charge is 2.16. The number of H-pyrrole nitrogens is 1. The molecule has 0 unspecified atom stereocenters. The quantitative estimate of drug-likeness (QED) is 0.745. The number of benzene rings is 1. The second kappa shape index (κ2) is 4.47.